The minimum Gasteiger partial charge on any atom is -0.383 e. The number of aromatic amines is 2. The van der Waals surface area contributed by atoms with Crippen molar-refractivity contribution in [2.75, 3.05) is 69.7 Å². The molecule has 0 unspecified atom stereocenters. The Morgan fingerprint density at radius 1 is 1.05 bits per heavy atom. The van der Waals surface area contributed by atoms with Gasteiger partial charge in [-0.25, -0.2) is 9.37 Å². The van der Waals surface area contributed by atoms with Crippen LogP contribution >= 0.6 is 0 Å². The average molecular weight is 546 g/mol. The molecule has 210 valence electrons. The van der Waals surface area contributed by atoms with Crippen LogP contribution in [0.2, 0.25) is 0 Å². The van der Waals surface area contributed by atoms with Gasteiger partial charge in [-0.1, -0.05) is 12.1 Å². The molecule has 2 aromatic heterocycles. The van der Waals surface area contributed by atoms with Crippen molar-refractivity contribution in [3.63, 3.8) is 0 Å². The number of hydrogen-bond acceptors (Lipinski definition) is 7. The van der Waals surface area contributed by atoms with E-state index in [-0.39, 0.29) is 17.4 Å². The Morgan fingerprint density at radius 2 is 1.88 bits per heavy atom. The molecule has 9 nitrogen and oxygen atoms in total. The molecule has 2 bridgehead atoms. The molecule has 4 aliphatic heterocycles. The highest BCUT2D eigenvalue weighted by Gasteiger charge is 2.35. The van der Waals surface area contributed by atoms with E-state index in [0.717, 1.165) is 82.8 Å². The second-order valence-corrected chi connectivity index (χ2v) is 11.3. The molecular formula is C30H36FN7O2. The summed E-state index contributed by atoms with van der Waals surface area (Å²) in [6, 6.07) is 11.2. The Balaban J connectivity index is 1.23. The lowest BCUT2D eigenvalue weighted by Gasteiger charge is -2.45. The predicted molar refractivity (Wildman–Crippen MR) is 157 cm³/mol. The zero-order chi connectivity index (χ0) is 27.1. The summed E-state index contributed by atoms with van der Waals surface area (Å²) in [5, 5.41) is 7.62. The Labute approximate surface area is 232 Å². The van der Waals surface area contributed by atoms with Crippen LogP contribution in [0, 0.1) is 11.7 Å². The van der Waals surface area contributed by atoms with Gasteiger partial charge in [-0.3, -0.25) is 9.69 Å². The number of hydrogen-bond donors (Lipinski definition) is 4. The number of benzene rings is 2. The number of ether oxygens (including phenoxy) is 1. The van der Waals surface area contributed by atoms with Crippen LogP contribution in [0.4, 0.5) is 15.8 Å². The lowest BCUT2D eigenvalue weighted by molar-refractivity contribution is 0.0378. The molecule has 0 aliphatic carbocycles. The average Bonchev–Trinajstić information content (AvgIpc) is 3.41. The maximum Gasteiger partial charge on any atom is 0.261 e. The highest BCUT2D eigenvalue weighted by molar-refractivity contribution is 6.00. The molecule has 4 aromatic rings. The Hall–Kier alpha value is -3.47. The van der Waals surface area contributed by atoms with E-state index in [9.17, 15) is 4.79 Å². The number of piperidine rings is 3. The number of para-hydroxylation sites is 2. The molecule has 0 spiro atoms. The van der Waals surface area contributed by atoms with Crippen molar-refractivity contribution in [2.45, 2.75) is 25.3 Å². The number of anilines is 2. The largest absolute Gasteiger partial charge is 0.383 e. The molecule has 40 heavy (non-hydrogen) atoms. The monoisotopic (exact) mass is 545 g/mol. The van der Waals surface area contributed by atoms with E-state index in [4.69, 9.17) is 9.72 Å². The number of nitrogens with zero attached hydrogens (tertiary/aromatic N) is 3. The van der Waals surface area contributed by atoms with Crippen molar-refractivity contribution in [1.82, 2.24) is 24.8 Å². The molecule has 1 atom stereocenters. The van der Waals surface area contributed by atoms with E-state index in [2.05, 4.69) is 30.4 Å². The van der Waals surface area contributed by atoms with Gasteiger partial charge in [0.1, 0.15) is 17.2 Å². The van der Waals surface area contributed by atoms with E-state index in [1.807, 2.05) is 24.3 Å². The first-order valence-electron chi connectivity index (χ1n) is 14.5. The zero-order valence-corrected chi connectivity index (χ0v) is 22.6. The molecule has 6 heterocycles. The number of pyridine rings is 1. The second kappa shape index (κ2) is 10.8. The topological polar surface area (TPSA) is 101 Å². The van der Waals surface area contributed by atoms with Crippen LogP contribution in [0.25, 0.3) is 33.3 Å². The summed E-state index contributed by atoms with van der Waals surface area (Å²) in [7, 11) is 0. The van der Waals surface area contributed by atoms with E-state index in [1.165, 1.54) is 0 Å². The molecule has 0 amide bonds. The van der Waals surface area contributed by atoms with Gasteiger partial charge in [-0.15, -0.1) is 0 Å². The molecule has 4 saturated heterocycles. The summed E-state index contributed by atoms with van der Waals surface area (Å²) in [5.74, 6) is 0.678. The van der Waals surface area contributed by atoms with Crippen LogP contribution in [-0.2, 0) is 4.74 Å². The smallest absolute Gasteiger partial charge is 0.261 e. The molecule has 4 N–H and O–H groups in total. The normalized spacial score (nSPS) is 23.2. The van der Waals surface area contributed by atoms with E-state index >= 15 is 4.39 Å². The summed E-state index contributed by atoms with van der Waals surface area (Å²) in [5.41, 5.74) is 3.46. The highest BCUT2D eigenvalue weighted by atomic mass is 19.1. The molecule has 2 aromatic carbocycles. The predicted octanol–water partition coefficient (Wildman–Crippen LogP) is 3.85. The van der Waals surface area contributed by atoms with E-state index < -0.39 is 0 Å². The van der Waals surface area contributed by atoms with Gasteiger partial charge in [0, 0.05) is 37.6 Å². The van der Waals surface area contributed by atoms with Crippen LogP contribution in [0.1, 0.15) is 19.3 Å². The Morgan fingerprint density at radius 3 is 2.65 bits per heavy atom. The minimum absolute atomic E-state index is 0.191. The maximum absolute atomic E-state index is 15.6. The number of imidazole rings is 1. The van der Waals surface area contributed by atoms with Crippen molar-refractivity contribution in [1.29, 1.82) is 0 Å². The molecule has 0 saturated carbocycles. The molecule has 4 fully saturated rings. The van der Waals surface area contributed by atoms with Gasteiger partial charge in [0.15, 0.2) is 0 Å². The zero-order valence-electron chi connectivity index (χ0n) is 22.6. The number of fused-ring (bicyclic) bond motifs is 5. The first kappa shape index (κ1) is 25.5. The van der Waals surface area contributed by atoms with Crippen LogP contribution in [0.3, 0.4) is 0 Å². The summed E-state index contributed by atoms with van der Waals surface area (Å²) >= 11 is 0. The van der Waals surface area contributed by atoms with Gasteiger partial charge >= 0.3 is 0 Å². The minimum atomic E-state index is -0.335. The van der Waals surface area contributed by atoms with Crippen LogP contribution in [-0.4, -0.2) is 89.8 Å². The number of nitrogens with one attached hydrogen (secondary N) is 4. The molecule has 4 aliphatic rings. The van der Waals surface area contributed by atoms with Crippen molar-refractivity contribution in [3.05, 3.63) is 52.6 Å². The quantitative estimate of drug-likeness (QED) is 0.250. The van der Waals surface area contributed by atoms with Crippen molar-refractivity contribution >= 4 is 33.3 Å². The fourth-order valence-electron chi connectivity index (χ4n) is 6.56. The SMILES string of the molecule is O=c1[nH]c2cc(NCCCN3CCOCC3)c(F)cc2c(N[C@H]2CN3CCC2CC3)c1-c1nc2ccccc2[nH]1. The first-order chi connectivity index (χ1) is 19.6. The standard InChI is InChI=1S/C30H36FN7O2/c31-21-16-20-24(17-25(21)32-8-3-9-37-12-14-40-15-13-37)36-30(39)27(29-34-22-4-1-2-5-23(22)35-29)28(20)33-26-18-38-10-6-19(26)7-11-38/h1-2,4-5,16-17,19,26,32H,3,6-15,18H2,(H,34,35)(H2,33,36,39)/t26-/m0/s1. The summed E-state index contributed by atoms with van der Waals surface area (Å²) in [4.78, 5) is 29.6. The number of rotatable bonds is 8. The molecule has 10 heteroatoms. The molecule has 8 rings (SSSR count). The van der Waals surface area contributed by atoms with Crippen LogP contribution in [0.5, 0.6) is 0 Å². The summed E-state index contributed by atoms with van der Waals surface area (Å²) in [6.45, 7) is 8.16. The summed E-state index contributed by atoms with van der Waals surface area (Å²) in [6.07, 6.45) is 3.16. The third-order valence-corrected chi connectivity index (χ3v) is 8.78. The van der Waals surface area contributed by atoms with Gasteiger partial charge in [0.2, 0.25) is 0 Å². The van der Waals surface area contributed by atoms with Crippen molar-refractivity contribution in [2.24, 2.45) is 5.92 Å². The Kier molecular flexibility index (Phi) is 6.91. The second-order valence-electron chi connectivity index (χ2n) is 11.3. The number of H-pyrrole nitrogens is 2. The molecular weight excluding hydrogens is 509 g/mol. The van der Waals surface area contributed by atoms with Crippen molar-refractivity contribution < 1.29 is 9.13 Å². The van der Waals surface area contributed by atoms with Gasteiger partial charge in [0.25, 0.3) is 5.56 Å². The lowest BCUT2D eigenvalue weighted by atomic mass is 9.83. The highest BCUT2D eigenvalue weighted by Crippen LogP contribution is 2.37. The van der Waals surface area contributed by atoms with Gasteiger partial charge in [0.05, 0.1) is 41.1 Å². The fourth-order valence-corrected chi connectivity index (χ4v) is 6.56. The number of morpholine rings is 1. The third-order valence-electron chi connectivity index (χ3n) is 8.78. The third kappa shape index (κ3) is 4.95. The van der Waals surface area contributed by atoms with E-state index in [1.54, 1.807) is 12.1 Å². The number of halogens is 1. The number of aromatic nitrogens is 3. The first-order valence-corrected chi connectivity index (χ1v) is 14.5. The lowest BCUT2D eigenvalue weighted by Crippen LogP contribution is -2.53. The summed E-state index contributed by atoms with van der Waals surface area (Å²) < 4.78 is 21.0. The van der Waals surface area contributed by atoms with Crippen LogP contribution in [0.15, 0.2) is 41.2 Å². The van der Waals surface area contributed by atoms with Gasteiger partial charge < -0.3 is 30.2 Å². The fraction of sp³-hybridized carbons (Fsp3) is 0.467. The van der Waals surface area contributed by atoms with E-state index in [0.29, 0.717) is 46.1 Å². The Bertz CT molecular complexity index is 1540. The van der Waals surface area contributed by atoms with Gasteiger partial charge in [-0.2, -0.15) is 0 Å². The molecule has 0 radical (unpaired) electrons. The van der Waals surface area contributed by atoms with Crippen LogP contribution < -0.4 is 16.2 Å². The maximum atomic E-state index is 15.6. The van der Waals surface area contributed by atoms with Crippen molar-refractivity contribution in [3.8, 4) is 11.4 Å². The van der Waals surface area contributed by atoms with Gasteiger partial charge in [-0.05, 0) is 69.1 Å².